The lowest BCUT2D eigenvalue weighted by Gasteiger charge is -2.22. The molecule has 2 aliphatic rings. The lowest BCUT2D eigenvalue weighted by Crippen LogP contribution is -2.35. The molecule has 0 radical (unpaired) electrons. The Morgan fingerprint density at radius 2 is 2.03 bits per heavy atom. The van der Waals surface area contributed by atoms with Crippen molar-refractivity contribution < 1.29 is 17.6 Å². The molecule has 2 aliphatic heterocycles. The summed E-state index contributed by atoms with van der Waals surface area (Å²) in [6, 6.07) is 10.0. The smallest absolute Gasteiger partial charge is 0.257 e. The van der Waals surface area contributed by atoms with Gasteiger partial charge in [0.15, 0.2) is 5.17 Å². The van der Waals surface area contributed by atoms with E-state index in [0.29, 0.717) is 34.4 Å². The van der Waals surface area contributed by atoms with Crippen molar-refractivity contribution in [3.8, 4) is 5.69 Å². The van der Waals surface area contributed by atoms with Crippen molar-refractivity contribution in [1.29, 1.82) is 0 Å². The summed E-state index contributed by atoms with van der Waals surface area (Å²) in [5.41, 5.74) is 2.30. The topological polar surface area (TPSA) is 96.7 Å². The monoisotopic (exact) mass is 471 g/mol. The van der Waals surface area contributed by atoms with Crippen LogP contribution in [-0.4, -0.2) is 41.3 Å². The first-order valence-corrected chi connectivity index (χ1v) is 12.2. The van der Waals surface area contributed by atoms with Crippen molar-refractivity contribution in [2.75, 3.05) is 17.2 Å². The van der Waals surface area contributed by atoms with Crippen LogP contribution in [0, 0.1) is 12.7 Å². The van der Waals surface area contributed by atoms with E-state index in [9.17, 15) is 17.6 Å². The Labute approximate surface area is 188 Å². The van der Waals surface area contributed by atoms with Crippen LogP contribution >= 0.6 is 11.8 Å². The Balaban J connectivity index is 1.29. The zero-order chi connectivity index (χ0) is 22.5. The molecular weight excluding hydrogens is 453 g/mol. The minimum atomic E-state index is -3.43. The molecule has 0 unspecified atom stereocenters. The van der Waals surface area contributed by atoms with Gasteiger partial charge >= 0.3 is 0 Å². The molecular formula is C21H18FN5O3S2. The first-order valence-electron chi connectivity index (χ1n) is 9.80. The molecule has 32 heavy (non-hydrogen) atoms. The lowest BCUT2D eigenvalue weighted by atomic mass is 10.1. The largest absolute Gasteiger partial charge is 0.348 e. The summed E-state index contributed by atoms with van der Waals surface area (Å²) in [6.07, 6.45) is 3.30. The normalized spacial score (nSPS) is 16.3. The number of anilines is 1. The average molecular weight is 472 g/mol. The highest BCUT2D eigenvalue weighted by molar-refractivity contribution is 8.15. The van der Waals surface area contributed by atoms with Gasteiger partial charge in [-0.2, -0.15) is 0 Å². The van der Waals surface area contributed by atoms with Crippen LogP contribution in [-0.2, 0) is 16.6 Å². The van der Waals surface area contributed by atoms with Crippen molar-refractivity contribution in [1.82, 2.24) is 14.9 Å². The molecule has 1 N–H and O–H groups in total. The number of amides is 1. The Hall–Kier alpha value is -3.18. The fourth-order valence-electron chi connectivity index (χ4n) is 3.64. The fourth-order valence-corrected chi connectivity index (χ4v) is 5.94. The van der Waals surface area contributed by atoms with Gasteiger partial charge in [-0.05, 0) is 54.6 Å². The summed E-state index contributed by atoms with van der Waals surface area (Å²) >= 11 is 1.23. The number of sulfonamides is 1. The minimum Gasteiger partial charge on any atom is -0.348 e. The molecule has 0 aliphatic carbocycles. The number of aryl methyl sites for hydroxylation is 1. The Morgan fingerprint density at radius 1 is 1.22 bits per heavy atom. The Kier molecular flexibility index (Phi) is 5.01. The molecule has 2 aromatic carbocycles. The Bertz CT molecular complexity index is 1380. The molecule has 0 atom stereocenters. The SMILES string of the molecule is Cc1nccn1-c1ccc(CNC(=O)c2ccc3c(c2)SC2=NS(=O)(=O)CCN23)cc1F. The van der Waals surface area contributed by atoms with E-state index in [2.05, 4.69) is 14.7 Å². The number of thioether (sulfide) groups is 1. The predicted octanol–water partition coefficient (Wildman–Crippen LogP) is 2.86. The molecule has 0 spiro atoms. The van der Waals surface area contributed by atoms with Gasteiger partial charge in [-0.25, -0.2) is 17.8 Å². The highest BCUT2D eigenvalue weighted by Gasteiger charge is 2.33. The molecule has 11 heteroatoms. The number of nitrogens with one attached hydrogen (secondary N) is 1. The van der Waals surface area contributed by atoms with Crippen molar-refractivity contribution in [3.05, 3.63) is 71.6 Å². The van der Waals surface area contributed by atoms with Crippen LogP contribution in [0.4, 0.5) is 10.1 Å². The maximum absolute atomic E-state index is 14.6. The highest BCUT2D eigenvalue weighted by atomic mass is 32.2. The van der Waals surface area contributed by atoms with Crippen molar-refractivity contribution in [2.45, 2.75) is 18.4 Å². The van der Waals surface area contributed by atoms with Crippen LogP contribution in [0.2, 0.25) is 0 Å². The molecule has 5 rings (SSSR count). The van der Waals surface area contributed by atoms with E-state index in [4.69, 9.17) is 0 Å². The summed E-state index contributed by atoms with van der Waals surface area (Å²) in [4.78, 5) is 19.4. The number of rotatable bonds is 4. The van der Waals surface area contributed by atoms with E-state index in [1.165, 1.54) is 17.8 Å². The lowest BCUT2D eigenvalue weighted by molar-refractivity contribution is 0.0950. The van der Waals surface area contributed by atoms with Gasteiger partial charge in [-0.1, -0.05) is 6.07 Å². The summed E-state index contributed by atoms with van der Waals surface area (Å²) < 4.78 is 43.5. The van der Waals surface area contributed by atoms with E-state index in [0.717, 1.165) is 10.6 Å². The molecule has 0 saturated heterocycles. The molecule has 1 amide bonds. The number of fused-ring (bicyclic) bond motifs is 3. The second kappa shape index (κ2) is 7.75. The number of hydrogen-bond acceptors (Lipinski definition) is 6. The molecule has 3 aromatic rings. The minimum absolute atomic E-state index is 0.0332. The number of amidine groups is 1. The van der Waals surface area contributed by atoms with Gasteiger partial charge in [-0.15, -0.1) is 4.40 Å². The highest BCUT2D eigenvalue weighted by Crippen LogP contribution is 2.42. The van der Waals surface area contributed by atoms with E-state index < -0.39 is 15.8 Å². The van der Waals surface area contributed by atoms with Gasteiger partial charge in [0.2, 0.25) is 0 Å². The first-order chi connectivity index (χ1) is 15.3. The number of nitrogens with zero attached hydrogens (tertiary/aromatic N) is 4. The Morgan fingerprint density at radius 3 is 2.78 bits per heavy atom. The second-order valence-corrected chi connectivity index (χ2v) is 10.2. The van der Waals surface area contributed by atoms with Crippen molar-refractivity contribution >= 4 is 38.5 Å². The molecule has 3 heterocycles. The van der Waals surface area contributed by atoms with Crippen LogP contribution in [0.25, 0.3) is 5.69 Å². The van der Waals surface area contributed by atoms with Crippen LogP contribution < -0.4 is 10.2 Å². The average Bonchev–Trinajstić information content (AvgIpc) is 3.33. The molecule has 164 valence electrons. The third-order valence-electron chi connectivity index (χ3n) is 5.29. The summed E-state index contributed by atoms with van der Waals surface area (Å²) in [6.45, 7) is 2.30. The quantitative estimate of drug-likeness (QED) is 0.629. The molecule has 0 saturated carbocycles. The summed E-state index contributed by atoms with van der Waals surface area (Å²) in [5.74, 6) is -0.0600. The number of carbonyl (C=O) groups is 1. The maximum Gasteiger partial charge on any atom is 0.257 e. The van der Waals surface area contributed by atoms with Crippen molar-refractivity contribution in [2.24, 2.45) is 4.40 Å². The van der Waals surface area contributed by atoms with E-state index in [1.807, 2.05) is 4.90 Å². The zero-order valence-electron chi connectivity index (χ0n) is 16.9. The van der Waals surface area contributed by atoms with Crippen LogP contribution in [0.1, 0.15) is 21.7 Å². The van der Waals surface area contributed by atoms with E-state index >= 15 is 0 Å². The molecule has 1 aromatic heterocycles. The van der Waals surface area contributed by atoms with E-state index in [-0.39, 0.29) is 18.2 Å². The zero-order valence-corrected chi connectivity index (χ0v) is 18.6. The number of hydrogen-bond donors (Lipinski definition) is 1. The molecule has 8 nitrogen and oxygen atoms in total. The summed E-state index contributed by atoms with van der Waals surface area (Å²) in [7, 11) is -3.43. The first kappa shape index (κ1) is 20.7. The number of imidazole rings is 1. The van der Waals surface area contributed by atoms with E-state index in [1.54, 1.807) is 54.2 Å². The number of halogens is 1. The fraction of sp³-hybridized carbons (Fsp3) is 0.190. The van der Waals surface area contributed by atoms with Gasteiger partial charge < -0.3 is 14.8 Å². The number of carbonyl (C=O) groups excluding carboxylic acids is 1. The third-order valence-corrected chi connectivity index (χ3v) is 7.59. The summed E-state index contributed by atoms with van der Waals surface area (Å²) in [5, 5.41) is 3.21. The standard InChI is InChI=1S/C21H18FN5O3S2/c1-13-23-6-7-26(13)17-4-2-14(10-16(17)22)12-24-20(28)15-3-5-18-19(11-15)31-21-25-32(29,30)9-8-27(18)21/h2-7,10-11H,8-9,12H2,1H3,(H,24,28). The van der Waals surface area contributed by atoms with Gasteiger partial charge in [0.05, 0.1) is 17.1 Å². The second-order valence-electron chi connectivity index (χ2n) is 7.41. The third kappa shape index (κ3) is 3.78. The number of benzene rings is 2. The van der Waals surface area contributed by atoms with Crippen LogP contribution in [0.5, 0.6) is 0 Å². The van der Waals surface area contributed by atoms with Crippen LogP contribution in [0.3, 0.4) is 0 Å². The van der Waals surface area contributed by atoms with Gasteiger partial charge in [-0.3, -0.25) is 4.79 Å². The predicted molar refractivity (Wildman–Crippen MR) is 120 cm³/mol. The van der Waals surface area contributed by atoms with Gasteiger partial charge in [0.25, 0.3) is 15.9 Å². The van der Waals surface area contributed by atoms with Crippen LogP contribution in [0.15, 0.2) is 58.1 Å². The molecule has 0 fully saturated rings. The number of aromatic nitrogens is 2. The van der Waals surface area contributed by atoms with Gasteiger partial charge in [0.1, 0.15) is 11.6 Å². The maximum atomic E-state index is 14.6. The molecule has 0 bridgehead atoms. The van der Waals surface area contributed by atoms with Gasteiger partial charge in [0, 0.05) is 35.9 Å². The van der Waals surface area contributed by atoms with Crippen molar-refractivity contribution in [3.63, 3.8) is 0 Å².